The van der Waals surface area contributed by atoms with Crippen LogP contribution >= 0.6 is 0 Å². The Kier molecular flexibility index (Phi) is 4.47. The van der Waals surface area contributed by atoms with E-state index in [1.807, 2.05) is 6.20 Å². The quantitative estimate of drug-likeness (QED) is 0.811. The summed E-state index contributed by atoms with van der Waals surface area (Å²) in [5.74, 6) is 2.93. The molecule has 3 nitrogen and oxygen atoms in total. The fourth-order valence-electron chi connectivity index (χ4n) is 3.78. The summed E-state index contributed by atoms with van der Waals surface area (Å²) in [7, 11) is 0. The molecule has 0 amide bonds. The van der Waals surface area contributed by atoms with E-state index in [-0.39, 0.29) is 0 Å². The highest BCUT2D eigenvalue weighted by Gasteiger charge is 2.29. The molecule has 1 saturated carbocycles. The molecule has 3 heteroatoms. The molecule has 0 radical (unpaired) electrons. The summed E-state index contributed by atoms with van der Waals surface area (Å²) in [6, 6.07) is 10.9. The highest BCUT2D eigenvalue weighted by molar-refractivity contribution is 5.14. The van der Waals surface area contributed by atoms with Crippen molar-refractivity contribution in [2.75, 3.05) is 19.6 Å². The number of hydrogen-bond acceptors (Lipinski definition) is 2. The predicted molar refractivity (Wildman–Crippen MR) is 93.5 cm³/mol. The van der Waals surface area contributed by atoms with Crippen LogP contribution in [0.15, 0.2) is 42.7 Å². The van der Waals surface area contributed by atoms with Crippen molar-refractivity contribution in [2.45, 2.75) is 44.6 Å². The van der Waals surface area contributed by atoms with Crippen LogP contribution in [0.1, 0.15) is 43.0 Å². The largest absolute Gasteiger partial charge is 0.334 e. The van der Waals surface area contributed by atoms with E-state index in [9.17, 15) is 0 Å². The molecular formula is C20H27N3. The SMILES string of the molecule is c1ccc(CCN2CCC(Cn3ccnc3C3CC3)CC2)cc1. The Labute approximate surface area is 139 Å². The maximum atomic E-state index is 4.57. The third-order valence-electron chi connectivity index (χ3n) is 5.41. The van der Waals surface area contributed by atoms with Gasteiger partial charge in [-0.3, -0.25) is 0 Å². The van der Waals surface area contributed by atoms with E-state index >= 15 is 0 Å². The number of benzene rings is 1. The molecule has 1 aliphatic carbocycles. The van der Waals surface area contributed by atoms with Gasteiger partial charge >= 0.3 is 0 Å². The molecule has 1 aromatic carbocycles. The molecule has 2 aromatic rings. The van der Waals surface area contributed by atoms with Crippen molar-refractivity contribution in [3.63, 3.8) is 0 Å². The molecule has 0 N–H and O–H groups in total. The lowest BCUT2D eigenvalue weighted by Crippen LogP contribution is -2.36. The van der Waals surface area contributed by atoms with E-state index in [0.717, 1.165) is 11.8 Å². The van der Waals surface area contributed by atoms with Gasteiger partial charge in [0.15, 0.2) is 0 Å². The molecule has 4 rings (SSSR count). The number of rotatable bonds is 6. The fraction of sp³-hybridized carbons (Fsp3) is 0.550. The van der Waals surface area contributed by atoms with Crippen LogP contribution in [0, 0.1) is 5.92 Å². The second-order valence-corrected chi connectivity index (χ2v) is 7.23. The van der Waals surface area contributed by atoms with Gasteiger partial charge in [-0.15, -0.1) is 0 Å². The van der Waals surface area contributed by atoms with E-state index in [0.29, 0.717) is 0 Å². The number of piperidine rings is 1. The molecule has 2 fully saturated rings. The number of aromatic nitrogens is 2. The second-order valence-electron chi connectivity index (χ2n) is 7.23. The zero-order chi connectivity index (χ0) is 15.5. The molecule has 1 aromatic heterocycles. The Hall–Kier alpha value is -1.61. The summed E-state index contributed by atoms with van der Waals surface area (Å²) in [5.41, 5.74) is 1.46. The minimum Gasteiger partial charge on any atom is -0.334 e. The monoisotopic (exact) mass is 309 g/mol. The number of likely N-dealkylation sites (tertiary alicyclic amines) is 1. The van der Waals surface area contributed by atoms with Gasteiger partial charge < -0.3 is 9.47 Å². The summed E-state index contributed by atoms with van der Waals surface area (Å²) in [6.45, 7) is 4.89. The number of hydrogen-bond donors (Lipinski definition) is 0. The second kappa shape index (κ2) is 6.88. The maximum Gasteiger partial charge on any atom is 0.111 e. The lowest BCUT2D eigenvalue weighted by molar-refractivity contribution is 0.174. The van der Waals surface area contributed by atoms with Crippen LogP contribution in [0.5, 0.6) is 0 Å². The van der Waals surface area contributed by atoms with Crippen LogP contribution in [-0.2, 0) is 13.0 Å². The summed E-state index contributed by atoms with van der Waals surface area (Å²) < 4.78 is 2.43. The van der Waals surface area contributed by atoms with Crippen LogP contribution in [0.3, 0.4) is 0 Å². The van der Waals surface area contributed by atoms with Crippen LogP contribution < -0.4 is 0 Å². The summed E-state index contributed by atoms with van der Waals surface area (Å²) >= 11 is 0. The Morgan fingerprint density at radius 1 is 1.00 bits per heavy atom. The highest BCUT2D eigenvalue weighted by atomic mass is 15.1. The lowest BCUT2D eigenvalue weighted by atomic mass is 9.96. The highest BCUT2D eigenvalue weighted by Crippen LogP contribution is 2.39. The van der Waals surface area contributed by atoms with Crippen molar-refractivity contribution in [1.82, 2.24) is 14.5 Å². The van der Waals surface area contributed by atoms with Crippen molar-refractivity contribution < 1.29 is 0 Å². The van der Waals surface area contributed by atoms with Gasteiger partial charge in [-0.1, -0.05) is 30.3 Å². The van der Waals surface area contributed by atoms with Crippen LogP contribution in [0.2, 0.25) is 0 Å². The predicted octanol–water partition coefficient (Wildman–Crippen LogP) is 3.72. The number of imidazole rings is 1. The first-order valence-electron chi connectivity index (χ1n) is 9.16. The van der Waals surface area contributed by atoms with Crippen molar-refractivity contribution in [3.05, 3.63) is 54.1 Å². The molecular weight excluding hydrogens is 282 g/mol. The third-order valence-corrected chi connectivity index (χ3v) is 5.41. The minimum absolute atomic E-state index is 0.760. The zero-order valence-corrected chi connectivity index (χ0v) is 13.9. The normalized spacial score (nSPS) is 20.0. The van der Waals surface area contributed by atoms with Crippen LogP contribution in [0.4, 0.5) is 0 Å². The van der Waals surface area contributed by atoms with Crippen LogP contribution in [-0.4, -0.2) is 34.1 Å². The minimum atomic E-state index is 0.760. The van der Waals surface area contributed by atoms with E-state index < -0.39 is 0 Å². The Morgan fingerprint density at radius 2 is 1.78 bits per heavy atom. The Bertz CT molecular complexity index is 607. The smallest absolute Gasteiger partial charge is 0.111 e. The summed E-state index contributed by atoms with van der Waals surface area (Å²) in [5, 5.41) is 0. The maximum absolute atomic E-state index is 4.57. The molecule has 23 heavy (non-hydrogen) atoms. The van der Waals surface area contributed by atoms with Gasteiger partial charge in [-0.2, -0.15) is 0 Å². The fourth-order valence-corrected chi connectivity index (χ4v) is 3.78. The van der Waals surface area contributed by atoms with Crippen molar-refractivity contribution in [3.8, 4) is 0 Å². The van der Waals surface area contributed by atoms with Crippen molar-refractivity contribution in [1.29, 1.82) is 0 Å². The van der Waals surface area contributed by atoms with Gasteiger partial charge in [-0.25, -0.2) is 4.98 Å². The average molecular weight is 309 g/mol. The lowest BCUT2D eigenvalue weighted by Gasteiger charge is -2.32. The van der Waals surface area contributed by atoms with Crippen LogP contribution in [0.25, 0.3) is 0 Å². The molecule has 1 saturated heterocycles. The summed E-state index contributed by atoms with van der Waals surface area (Å²) in [4.78, 5) is 7.21. The van der Waals surface area contributed by atoms with Gasteiger partial charge in [-0.05, 0) is 56.7 Å². The standard InChI is InChI=1S/C20H27N3/c1-2-4-17(5-3-1)8-12-22-13-9-18(10-14-22)16-23-15-11-21-20(23)19-6-7-19/h1-5,11,15,18-19H,6-10,12-14,16H2. The first-order chi connectivity index (χ1) is 11.4. The van der Waals surface area contributed by atoms with Gasteiger partial charge in [0.25, 0.3) is 0 Å². The average Bonchev–Trinajstić information content (AvgIpc) is 3.35. The van der Waals surface area contributed by atoms with Gasteiger partial charge in [0, 0.05) is 31.4 Å². The van der Waals surface area contributed by atoms with E-state index in [4.69, 9.17) is 0 Å². The summed E-state index contributed by atoms with van der Waals surface area (Å²) in [6.07, 6.45) is 10.7. The Morgan fingerprint density at radius 3 is 2.52 bits per heavy atom. The molecule has 0 unspecified atom stereocenters. The van der Waals surface area contributed by atoms with Gasteiger partial charge in [0.2, 0.25) is 0 Å². The van der Waals surface area contributed by atoms with E-state index in [2.05, 4.69) is 51.0 Å². The molecule has 0 spiro atoms. The van der Waals surface area contributed by atoms with Crippen molar-refractivity contribution >= 4 is 0 Å². The molecule has 122 valence electrons. The Balaban J connectivity index is 1.23. The third kappa shape index (κ3) is 3.84. The number of nitrogens with zero attached hydrogens (tertiary/aromatic N) is 3. The molecule has 0 atom stereocenters. The first kappa shape index (κ1) is 14.9. The molecule has 0 bridgehead atoms. The molecule has 1 aliphatic heterocycles. The van der Waals surface area contributed by atoms with Crippen molar-refractivity contribution in [2.24, 2.45) is 5.92 Å². The zero-order valence-electron chi connectivity index (χ0n) is 13.9. The van der Waals surface area contributed by atoms with E-state index in [1.165, 1.54) is 69.7 Å². The molecule has 2 aliphatic rings. The van der Waals surface area contributed by atoms with Gasteiger partial charge in [0.05, 0.1) is 0 Å². The topological polar surface area (TPSA) is 21.1 Å². The first-order valence-corrected chi connectivity index (χ1v) is 9.16. The van der Waals surface area contributed by atoms with E-state index in [1.54, 1.807) is 0 Å². The van der Waals surface area contributed by atoms with Gasteiger partial charge in [0.1, 0.15) is 5.82 Å². The molecule has 2 heterocycles.